The molecule has 1 aliphatic carbocycles. The first-order chi connectivity index (χ1) is 12.6. The smallest absolute Gasteiger partial charge is 0.247 e. The van der Waals surface area contributed by atoms with Crippen molar-refractivity contribution in [1.29, 1.82) is 0 Å². The summed E-state index contributed by atoms with van der Waals surface area (Å²) in [4.78, 5) is 27.6. The summed E-state index contributed by atoms with van der Waals surface area (Å²) in [7, 11) is -3.60. The van der Waals surface area contributed by atoms with Gasteiger partial charge >= 0.3 is 0 Å². The van der Waals surface area contributed by atoms with E-state index in [4.69, 9.17) is 0 Å². The molecule has 1 saturated heterocycles. The van der Waals surface area contributed by atoms with Gasteiger partial charge in [-0.05, 0) is 38.8 Å². The molecular formula is C19H27N3O4S. The number of aryl methyl sites for hydroxylation is 1. The summed E-state index contributed by atoms with van der Waals surface area (Å²) >= 11 is 0. The van der Waals surface area contributed by atoms with Crippen molar-refractivity contribution in [2.75, 3.05) is 24.2 Å². The number of nitrogens with zero attached hydrogens (tertiary/aromatic N) is 2. The summed E-state index contributed by atoms with van der Waals surface area (Å²) in [5.41, 5.74) is 0.330. The topological polar surface area (TPSA) is 86.8 Å². The van der Waals surface area contributed by atoms with Crippen LogP contribution in [0.2, 0.25) is 0 Å². The van der Waals surface area contributed by atoms with Crippen LogP contribution in [0.15, 0.2) is 24.3 Å². The molecule has 1 unspecified atom stereocenters. The summed E-state index contributed by atoms with van der Waals surface area (Å²) in [6.45, 7) is 3.26. The molecule has 148 valence electrons. The van der Waals surface area contributed by atoms with Crippen molar-refractivity contribution >= 4 is 27.5 Å². The molecule has 3 rings (SSSR count). The normalized spacial score (nSPS) is 25.0. The molecule has 0 spiro atoms. The van der Waals surface area contributed by atoms with Crippen molar-refractivity contribution in [3.63, 3.8) is 0 Å². The zero-order valence-corrected chi connectivity index (χ0v) is 16.9. The zero-order chi connectivity index (χ0) is 19.8. The van der Waals surface area contributed by atoms with Crippen molar-refractivity contribution in [1.82, 2.24) is 9.62 Å². The second kappa shape index (κ2) is 7.24. The fourth-order valence-corrected chi connectivity index (χ4v) is 4.74. The SMILES string of the molecule is Cc1ccc(N2C(=O)CN(S(C)(=O)=O)CC2(C)C(=O)NC2CCCC2)cc1. The Hall–Kier alpha value is -1.93. The van der Waals surface area contributed by atoms with Gasteiger partial charge < -0.3 is 5.32 Å². The average Bonchev–Trinajstić information content (AvgIpc) is 3.08. The number of hydrogen-bond donors (Lipinski definition) is 1. The molecule has 0 radical (unpaired) electrons. The van der Waals surface area contributed by atoms with Crippen LogP contribution in [-0.4, -0.2) is 55.5 Å². The molecule has 1 N–H and O–H groups in total. The van der Waals surface area contributed by atoms with Crippen molar-refractivity contribution in [3.05, 3.63) is 29.8 Å². The van der Waals surface area contributed by atoms with E-state index in [0.29, 0.717) is 5.69 Å². The molecule has 0 bridgehead atoms. The van der Waals surface area contributed by atoms with E-state index >= 15 is 0 Å². The van der Waals surface area contributed by atoms with Gasteiger partial charge in [-0.25, -0.2) is 8.42 Å². The predicted octanol–water partition coefficient (Wildman–Crippen LogP) is 1.42. The maximum absolute atomic E-state index is 13.2. The van der Waals surface area contributed by atoms with Gasteiger partial charge in [0.25, 0.3) is 0 Å². The van der Waals surface area contributed by atoms with Crippen LogP contribution in [0.25, 0.3) is 0 Å². The van der Waals surface area contributed by atoms with E-state index in [1.807, 2.05) is 19.1 Å². The minimum absolute atomic E-state index is 0.0655. The van der Waals surface area contributed by atoms with Crippen LogP contribution in [0.4, 0.5) is 5.69 Å². The Kier molecular flexibility index (Phi) is 5.31. The van der Waals surface area contributed by atoms with Crippen LogP contribution in [-0.2, 0) is 19.6 Å². The Balaban J connectivity index is 1.98. The molecule has 1 saturated carbocycles. The maximum atomic E-state index is 13.2. The highest BCUT2D eigenvalue weighted by molar-refractivity contribution is 7.88. The third kappa shape index (κ3) is 4.01. The number of anilines is 1. The van der Waals surface area contributed by atoms with Crippen molar-refractivity contribution in [3.8, 4) is 0 Å². The number of amides is 2. The fraction of sp³-hybridized carbons (Fsp3) is 0.579. The number of rotatable bonds is 4. The van der Waals surface area contributed by atoms with Crippen LogP contribution in [0.1, 0.15) is 38.2 Å². The van der Waals surface area contributed by atoms with Crippen LogP contribution >= 0.6 is 0 Å². The van der Waals surface area contributed by atoms with Gasteiger partial charge in [0.05, 0.1) is 12.8 Å². The largest absolute Gasteiger partial charge is 0.351 e. The number of nitrogens with one attached hydrogen (secondary N) is 1. The molecule has 7 nitrogen and oxygen atoms in total. The molecule has 2 fully saturated rings. The first-order valence-electron chi connectivity index (χ1n) is 9.27. The van der Waals surface area contributed by atoms with Crippen molar-refractivity contribution in [2.24, 2.45) is 0 Å². The quantitative estimate of drug-likeness (QED) is 0.838. The third-order valence-electron chi connectivity index (χ3n) is 5.48. The van der Waals surface area contributed by atoms with E-state index in [1.165, 1.54) is 4.90 Å². The van der Waals surface area contributed by atoms with E-state index in [9.17, 15) is 18.0 Å². The van der Waals surface area contributed by atoms with Crippen LogP contribution < -0.4 is 10.2 Å². The van der Waals surface area contributed by atoms with E-state index in [0.717, 1.165) is 41.8 Å². The Morgan fingerprint density at radius 3 is 2.33 bits per heavy atom. The number of sulfonamides is 1. The molecule has 2 amide bonds. The maximum Gasteiger partial charge on any atom is 0.247 e. The third-order valence-corrected chi connectivity index (χ3v) is 6.68. The minimum atomic E-state index is -3.60. The second-order valence-corrected chi connectivity index (χ2v) is 9.81. The van der Waals surface area contributed by atoms with Gasteiger partial charge in [-0.15, -0.1) is 0 Å². The number of carbonyl (C=O) groups is 2. The van der Waals surface area contributed by atoms with Crippen LogP contribution in [0.3, 0.4) is 0 Å². The first-order valence-corrected chi connectivity index (χ1v) is 11.1. The lowest BCUT2D eigenvalue weighted by atomic mass is 9.93. The van der Waals surface area contributed by atoms with Gasteiger partial charge in [-0.3, -0.25) is 14.5 Å². The van der Waals surface area contributed by atoms with Crippen molar-refractivity contribution < 1.29 is 18.0 Å². The summed E-state index contributed by atoms with van der Waals surface area (Å²) in [6, 6.07) is 7.43. The van der Waals surface area contributed by atoms with Gasteiger partial charge in [0.15, 0.2) is 0 Å². The molecule has 27 heavy (non-hydrogen) atoms. The molecule has 1 aromatic carbocycles. The summed E-state index contributed by atoms with van der Waals surface area (Å²) in [6.07, 6.45) is 5.03. The van der Waals surface area contributed by atoms with Crippen molar-refractivity contribution in [2.45, 2.75) is 51.1 Å². The van der Waals surface area contributed by atoms with Gasteiger partial charge in [0.1, 0.15) is 5.54 Å². The highest BCUT2D eigenvalue weighted by atomic mass is 32.2. The Bertz CT molecular complexity index is 831. The molecule has 1 atom stereocenters. The van der Waals surface area contributed by atoms with Crippen LogP contribution in [0.5, 0.6) is 0 Å². The average molecular weight is 394 g/mol. The molecule has 1 heterocycles. The number of carbonyl (C=O) groups excluding carboxylic acids is 2. The van der Waals surface area contributed by atoms with E-state index < -0.39 is 21.5 Å². The Morgan fingerprint density at radius 2 is 1.78 bits per heavy atom. The summed E-state index contributed by atoms with van der Waals surface area (Å²) < 4.78 is 25.3. The minimum Gasteiger partial charge on any atom is -0.351 e. The fourth-order valence-electron chi connectivity index (χ4n) is 3.91. The Labute approximate surface area is 160 Å². The molecule has 1 aliphatic heterocycles. The van der Waals surface area contributed by atoms with E-state index in [1.54, 1.807) is 19.1 Å². The highest BCUT2D eigenvalue weighted by Crippen LogP contribution is 2.31. The Morgan fingerprint density at radius 1 is 1.19 bits per heavy atom. The number of hydrogen-bond acceptors (Lipinski definition) is 4. The monoisotopic (exact) mass is 393 g/mol. The van der Waals surface area contributed by atoms with Gasteiger partial charge in [-0.2, -0.15) is 4.31 Å². The zero-order valence-electron chi connectivity index (χ0n) is 16.1. The van der Waals surface area contributed by atoms with Gasteiger partial charge in [0, 0.05) is 18.3 Å². The lowest BCUT2D eigenvalue weighted by molar-refractivity contribution is -0.133. The molecule has 0 aromatic heterocycles. The number of benzene rings is 1. The molecule has 2 aliphatic rings. The highest BCUT2D eigenvalue weighted by Gasteiger charge is 2.50. The molecular weight excluding hydrogens is 366 g/mol. The van der Waals surface area contributed by atoms with Gasteiger partial charge in [-0.1, -0.05) is 30.5 Å². The van der Waals surface area contributed by atoms with E-state index in [-0.39, 0.29) is 25.0 Å². The first kappa shape index (κ1) is 19.8. The molecule has 8 heteroatoms. The summed E-state index contributed by atoms with van der Waals surface area (Å²) in [5, 5.41) is 3.04. The lowest BCUT2D eigenvalue weighted by Crippen LogP contribution is -2.70. The van der Waals surface area contributed by atoms with Gasteiger partial charge in [0.2, 0.25) is 21.8 Å². The van der Waals surface area contributed by atoms with Crippen LogP contribution in [0, 0.1) is 6.92 Å². The predicted molar refractivity (Wildman–Crippen MR) is 104 cm³/mol. The number of piperazine rings is 1. The molecule has 1 aromatic rings. The van der Waals surface area contributed by atoms with E-state index in [2.05, 4.69) is 5.32 Å². The lowest BCUT2D eigenvalue weighted by Gasteiger charge is -2.46. The summed E-state index contributed by atoms with van der Waals surface area (Å²) in [5.74, 6) is -0.712. The standard InChI is InChI=1S/C19H27N3O4S/c1-14-8-10-16(11-9-14)22-17(23)12-21(27(3,25)26)13-19(22,2)18(24)20-15-6-4-5-7-15/h8-11,15H,4-7,12-13H2,1-3H3,(H,20,24). The second-order valence-electron chi connectivity index (χ2n) is 7.82.